The number of anilines is 1. The summed E-state index contributed by atoms with van der Waals surface area (Å²) in [6, 6.07) is 4.01. The van der Waals surface area contributed by atoms with Crippen LogP contribution in [-0.4, -0.2) is 69.1 Å². The summed E-state index contributed by atoms with van der Waals surface area (Å²) in [6.45, 7) is 3.65. The van der Waals surface area contributed by atoms with E-state index >= 15 is 0 Å². The van der Waals surface area contributed by atoms with Crippen LogP contribution in [0.1, 0.15) is 26.2 Å². The van der Waals surface area contributed by atoms with Crippen molar-refractivity contribution in [1.29, 1.82) is 0 Å². The molecule has 4 atom stereocenters. The number of aliphatic hydroxyl groups excluding tert-OH is 1. The predicted molar refractivity (Wildman–Crippen MR) is 132 cm³/mol. The van der Waals surface area contributed by atoms with Crippen LogP contribution in [0.3, 0.4) is 0 Å². The highest BCUT2D eigenvalue weighted by molar-refractivity contribution is 8.04. The van der Waals surface area contributed by atoms with Gasteiger partial charge in [-0.2, -0.15) is 5.10 Å². The molecule has 2 aromatic rings. The number of hydrogen-bond acceptors (Lipinski definition) is 8. The van der Waals surface area contributed by atoms with Crippen LogP contribution in [0.15, 0.2) is 45.6 Å². The van der Waals surface area contributed by atoms with E-state index in [-0.39, 0.29) is 11.3 Å². The monoisotopic (exact) mass is 480 g/mol. The molecule has 3 unspecified atom stereocenters. The van der Waals surface area contributed by atoms with Gasteiger partial charge in [-0.1, -0.05) is 11.8 Å². The van der Waals surface area contributed by atoms with Gasteiger partial charge in [-0.3, -0.25) is 20.3 Å². The summed E-state index contributed by atoms with van der Waals surface area (Å²) in [5.74, 6) is 1.30. The maximum atomic E-state index is 11.2. The zero-order valence-electron chi connectivity index (χ0n) is 19.0. The third-order valence-corrected chi connectivity index (χ3v) is 8.68. The summed E-state index contributed by atoms with van der Waals surface area (Å²) in [4.78, 5) is 18.8. The lowest BCUT2D eigenvalue weighted by atomic mass is 9.78. The first-order valence-corrected chi connectivity index (χ1v) is 12.7. The van der Waals surface area contributed by atoms with Crippen molar-refractivity contribution < 1.29 is 14.6 Å². The Bertz CT molecular complexity index is 1210. The highest BCUT2D eigenvalue weighted by atomic mass is 32.2. The molecule has 0 spiro atoms. The van der Waals surface area contributed by atoms with E-state index in [2.05, 4.69) is 25.6 Å². The molecule has 1 amide bonds. The SMILES string of the molecule is CCOc1cc2[nH]ncc2cc1NN1C=NC=C2C3=C(CC(C4CN(C=O)C[C@H]4O)CC3)SC21. The molecule has 4 heterocycles. The third kappa shape index (κ3) is 3.65. The molecule has 34 heavy (non-hydrogen) atoms. The van der Waals surface area contributed by atoms with Gasteiger partial charge in [0, 0.05) is 42.2 Å². The number of aliphatic hydroxyl groups is 1. The highest BCUT2D eigenvalue weighted by Crippen LogP contribution is 2.53. The third-order valence-electron chi connectivity index (χ3n) is 7.28. The number of hydrogen-bond donors (Lipinski definition) is 3. The standard InChI is InChI=1S/C24H28N6O3S/c1-2-33-22-7-19-15(8-26-27-19)5-20(22)28-30-12-25-9-17-16-4-3-14(6-23(16)34-24(17)30)18-10-29(13-31)11-21(18)32/h5,7-9,12-14,18,21,24,28,32H,2-4,6,10-11H2,1H3,(H,26,27)/t14?,18?,21-,24?/m1/s1. The number of benzene rings is 1. The Kier molecular flexibility index (Phi) is 5.49. The number of hydrazine groups is 1. The second kappa shape index (κ2) is 8.66. The lowest BCUT2D eigenvalue weighted by Gasteiger charge is -2.31. The summed E-state index contributed by atoms with van der Waals surface area (Å²) < 4.78 is 5.90. The van der Waals surface area contributed by atoms with Crippen LogP contribution < -0.4 is 10.2 Å². The summed E-state index contributed by atoms with van der Waals surface area (Å²) in [7, 11) is 0. The normalized spacial score (nSPS) is 28.2. The number of rotatable bonds is 6. The van der Waals surface area contributed by atoms with E-state index in [0.29, 0.717) is 25.6 Å². The van der Waals surface area contributed by atoms with Crippen molar-refractivity contribution in [3.05, 3.63) is 40.6 Å². The number of ether oxygens (including phenoxy) is 1. The molecule has 1 aliphatic carbocycles. The largest absolute Gasteiger partial charge is 0.492 e. The van der Waals surface area contributed by atoms with E-state index in [1.807, 2.05) is 43.4 Å². The maximum Gasteiger partial charge on any atom is 0.209 e. The van der Waals surface area contributed by atoms with Crippen molar-refractivity contribution in [3.8, 4) is 5.75 Å². The summed E-state index contributed by atoms with van der Waals surface area (Å²) in [5, 5.41) is 20.8. The van der Waals surface area contributed by atoms with E-state index in [1.165, 1.54) is 16.1 Å². The number of aromatic amines is 1. The topological polar surface area (TPSA) is 106 Å². The lowest BCUT2D eigenvalue weighted by molar-refractivity contribution is -0.117. The zero-order valence-corrected chi connectivity index (χ0v) is 19.8. The molecule has 4 aliphatic rings. The Hall–Kier alpha value is -2.98. The molecule has 9 nitrogen and oxygen atoms in total. The van der Waals surface area contributed by atoms with Crippen molar-refractivity contribution >= 4 is 41.1 Å². The zero-order chi connectivity index (χ0) is 23.2. The number of aliphatic imine (C=N–C) groups is 1. The fourth-order valence-corrected chi connectivity index (χ4v) is 7.11. The molecule has 3 N–H and O–H groups in total. The number of nitrogens with zero attached hydrogens (tertiary/aromatic N) is 4. The van der Waals surface area contributed by atoms with E-state index < -0.39 is 6.10 Å². The van der Waals surface area contributed by atoms with Crippen LogP contribution in [0.5, 0.6) is 5.75 Å². The number of carbonyl (C=O) groups is 1. The summed E-state index contributed by atoms with van der Waals surface area (Å²) >= 11 is 1.86. The van der Waals surface area contributed by atoms with Gasteiger partial charge in [0.25, 0.3) is 0 Å². The van der Waals surface area contributed by atoms with E-state index in [4.69, 9.17) is 4.74 Å². The van der Waals surface area contributed by atoms with Crippen LogP contribution in [0, 0.1) is 11.8 Å². The Morgan fingerprint density at radius 3 is 3.12 bits per heavy atom. The van der Waals surface area contributed by atoms with Gasteiger partial charge in [-0.15, -0.1) is 0 Å². The number of amides is 1. The van der Waals surface area contributed by atoms with Crippen LogP contribution in [-0.2, 0) is 4.79 Å². The first-order valence-electron chi connectivity index (χ1n) is 11.8. The van der Waals surface area contributed by atoms with E-state index in [1.54, 1.807) is 11.1 Å². The first kappa shape index (κ1) is 21.5. The molecule has 3 aliphatic heterocycles. The second-order valence-corrected chi connectivity index (χ2v) is 10.4. The number of fused-ring (bicyclic) bond motifs is 3. The van der Waals surface area contributed by atoms with Crippen molar-refractivity contribution in [2.24, 2.45) is 16.8 Å². The lowest BCUT2D eigenvalue weighted by Crippen LogP contribution is -2.38. The van der Waals surface area contributed by atoms with Gasteiger partial charge in [-0.05, 0) is 48.6 Å². The molecular weight excluding hydrogens is 452 g/mol. The molecule has 0 radical (unpaired) electrons. The highest BCUT2D eigenvalue weighted by Gasteiger charge is 2.43. The summed E-state index contributed by atoms with van der Waals surface area (Å²) in [5.41, 5.74) is 7.97. The molecule has 178 valence electrons. The molecule has 1 aromatic heterocycles. The minimum atomic E-state index is -0.429. The number of H-pyrrole nitrogens is 1. The van der Waals surface area contributed by atoms with Crippen molar-refractivity contribution in [3.63, 3.8) is 0 Å². The van der Waals surface area contributed by atoms with Crippen LogP contribution >= 0.6 is 11.8 Å². The summed E-state index contributed by atoms with van der Waals surface area (Å²) in [6.07, 6.45) is 9.00. The average molecular weight is 481 g/mol. The molecule has 1 fully saturated rings. The van der Waals surface area contributed by atoms with Crippen LogP contribution in [0.25, 0.3) is 10.9 Å². The van der Waals surface area contributed by atoms with Crippen molar-refractivity contribution in [2.45, 2.75) is 37.7 Å². The van der Waals surface area contributed by atoms with Crippen LogP contribution in [0.4, 0.5) is 5.69 Å². The fourth-order valence-electron chi connectivity index (χ4n) is 5.62. The minimum absolute atomic E-state index is 0.0933. The molecular formula is C24H28N6O3S. The van der Waals surface area contributed by atoms with Crippen molar-refractivity contribution in [1.82, 2.24) is 20.1 Å². The smallest absolute Gasteiger partial charge is 0.209 e. The molecule has 10 heteroatoms. The number of β-amino-alcohol motifs (C(OH)–C–C–N with tert-alkyl or cyclic N) is 1. The predicted octanol–water partition coefficient (Wildman–Crippen LogP) is 3.09. The van der Waals surface area contributed by atoms with E-state index in [9.17, 15) is 9.90 Å². The fraction of sp³-hybridized carbons (Fsp3) is 0.458. The van der Waals surface area contributed by atoms with Gasteiger partial charge in [-0.25, -0.2) is 4.99 Å². The molecule has 0 bridgehead atoms. The average Bonchev–Trinajstić information content (AvgIpc) is 3.55. The number of likely N-dealkylation sites (tertiary alicyclic amines) is 1. The number of carbonyl (C=O) groups excluding carboxylic acids is 1. The van der Waals surface area contributed by atoms with E-state index in [0.717, 1.165) is 48.0 Å². The molecule has 1 aromatic carbocycles. The Balaban J connectivity index is 1.21. The number of thioether (sulfide) groups is 1. The Morgan fingerprint density at radius 1 is 1.38 bits per heavy atom. The van der Waals surface area contributed by atoms with Crippen LogP contribution in [0.2, 0.25) is 0 Å². The second-order valence-electron chi connectivity index (χ2n) is 9.27. The van der Waals surface area contributed by atoms with Gasteiger partial charge >= 0.3 is 0 Å². The molecule has 1 saturated heterocycles. The minimum Gasteiger partial charge on any atom is -0.492 e. The van der Waals surface area contributed by atoms with Gasteiger partial charge in [0.1, 0.15) is 17.5 Å². The Morgan fingerprint density at radius 2 is 2.29 bits per heavy atom. The van der Waals surface area contributed by atoms with Gasteiger partial charge in [0.2, 0.25) is 6.41 Å². The first-order chi connectivity index (χ1) is 16.6. The number of aromatic nitrogens is 2. The quantitative estimate of drug-likeness (QED) is 0.546. The Labute approximate surface area is 201 Å². The van der Waals surface area contributed by atoms with Gasteiger partial charge in [0.15, 0.2) is 0 Å². The van der Waals surface area contributed by atoms with Crippen molar-refractivity contribution in [2.75, 3.05) is 25.1 Å². The van der Waals surface area contributed by atoms with Gasteiger partial charge < -0.3 is 14.7 Å². The maximum absolute atomic E-state index is 11.2. The molecule has 0 saturated carbocycles. The number of allylic oxidation sites excluding steroid dienone is 1. The number of nitrogens with one attached hydrogen (secondary N) is 2. The van der Waals surface area contributed by atoms with Gasteiger partial charge in [0.05, 0.1) is 30.1 Å². The molecule has 6 rings (SSSR count).